The number of piperidine rings is 1. The summed E-state index contributed by atoms with van der Waals surface area (Å²) in [5.74, 6) is 0. The summed E-state index contributed by atoms with van der Waals surface area (Å²) in [6.07, 6.45) is 2.64. The molecule has 0 bridgehead atoms. The smallest absolute Gasteiger partial charge is 0.186 e. The van der Waals surface area contributed by atoms with Crippen molar-refractivity contribution in [2.75, 3.05) is 31.1 Å². The maximum atomic E-state index is 4.82. The number of aromatic nitrogens is 1. The number of benzene rings is 2. The monoisotopic (exact) mass is 349 g/mol. The van der Waals surface area contributed by atoms with E-state index in [-0.39, 0.29) is 0 Å². The third-order valence-corrected chi connectivity index (χ3v) is 6.87. The van der Waals surface area contributed by atoms with Crippen molar-refractivity contribution >= 4 is 26.7 Å². The number of likely N-dealkylation sites (tertiary alicyclic amines) is 1. The van der Waals surface area contributed by atoms with Crippen LogP contribution in [0.25, 0.3) is 10.2 Å². The zero-order chi connectivity index (χ0) is 16.7. The van der Waals surface area contributed by atoms with E-state index in [1.54, 1.807) is 0 Å². The van der Waals surface area contributed by atoms with E-state index in [1.165, 1.54) is 54.4 Å². The molecule has 0 N–H and O–H groups in total. The molecular formula is C21H23N3S. The molecule has 2 saturated heterocycles. The molecule has 0 atom stereocenters. The molecule has 2 aliphatic heterocycles. The third kappa shape index (κ3) is 2.94. The molecule has 1 spiro atoms. The topological polar surface area (TPSA) is 19.4 Å². The third-order valence-electron chi connectivity index (χ3n) is 5.77. The van der Waals surface area contributed by atoms with Gasteiger partial charge in [0, 0.05) is 25.0 Å². The van der Waals surface area contributed by atoms with Crippen LogP contribution in [0.3, 0.4) is 0 Å². The second-order valence-corrected chi connectivity index (χ2v) is 8.59. The van der Waals surface area contributed by atoms with Crippen molar-refractivity contribution < 1.29 is 0 Å². The molecule has 1 aromatic heterocycles. The first-order valence-corrected chi connectivity index (χ1v) is 9.98. The summed E-state index contributed by atoms with van der Waals surface area (Å²) in [4.78, 5) is 9.91. The fourth-order valence-electron chi connectivity index (χ4n) is 4.24. The average molecular weight is 350 g/mol. The van der Waals surface area contributed by atoms with Gasteiger partial charge in [-0.2, -0.15) is 0 Å². The van der Waals surface area contributed by atoms with Crippen molar-refractivity contribution in [2.24, 2.45) is 5.41 Å². The Morgan fingerprint density at radius 1 is 0.920 bits per heavy atom. The van der Waals surface area contributed by atoms with Crippen LogP contribution < -0.4 is 4.90 Å². The number of nitrogens with zero attached hydrogens (tertiary/aromatic N) is 3. The van der Waals surface area contributed by atoms with E-state index in [9.17, 15) is 0 Å². The number of anilines is 1. The van der Waals surface area contributed by atoms with Crippen molar-refractivity contribution in [3.05, 3.63) is 60.2 Å². The molecule has 3 heterocycles. The molecule has 0 unspecified atom stereocenters. The Balaban J connectivity index is 1.19. The number of rotatable bonds is 3. The Morgan fingerprint density at radius 3 is 2.40 bits per heavy atom. The van der Waals surface area contributed by atoms with Crippen molar-refractivity contribution in [1.82, 2.24) is 9.88 Å². The number of thiazole rings is 1. The normalized spacial score (nSPS) is 20.1. The molecule has 0 radical (unpaired) electrons. The van der Waals surface area contributed by atoms with Gasteiger partial charge in [-0.25, -0.2) is 4.98 Å². The summed E-state index contributed by atoms with van der Waals surface area (Å²) < 4.78 is 1.30. The predicted octanol–water partition coefficient (Wildman–Crippen LogP) is 4.40. The van der Waals surface area contributed by atoms with Gasteiger partial charge in [0.2, 0.25) is 0 Å². The van der Waals surface area contributed by atoms with Crippen LogP contribution in [0.15, 0.2) is 54.6 Å². The van der Waals surface area contributed by atoms with Gasteiger partial charge in [-0.3, -0.25) is 4.90 Å². The Kier molecular flexibility index (Phi) is 3.75. The summed E-state index contributed by atoms with van der Waals surface area (Å²) in [7, 11) is 0. The van der Waals surface area contributed by atoms with Gasteiger partial charge in [0.25, 0.3) is 0 Å². The molecule has 5 rings (SSSR count). The van der Waals surface area contributed by atoms with Crippen molar-refractivity contribution in [3.8, 4) is 0 Å². The zero-order valence-corrected chi connectivity index (χ0v) is 15.2. The Bertz CT molecular complexity index is 824. The highest BCUT2D eigenvalue weighted by molar-refractivity contribution is 7.22. The van der Waals surface area contributed by atoms with Crippen LogP contribution in [0.5, 0.6) is 0 Å². The summed E-state index contributed by atoms with van der Waals surface area (Å²) >= 11 is 1.84. The lowest BCUT2D eigenvalue weighted by Crippen LogP contribution is -2.60. The second kappa shape index (κ2) is 6.11. The molecule has 0 aliphatic carbocycles. The first-order valence-electron chi connectivity index (χ1n) is 9.17. The molecule has 3 nitrogen and oxygen atoms in total. The highest BCUT2D eigenvalue weighted by Crippen LogP contribution is 2.44. The molecule has 128 valence electrons. The molecule has 4 heteroatoms. The van der Waals surface area contributed by atoms with Gasteiger partial charge in [0.15, 0.2) is 5.13 Å². The van der Waals surface area contributed by atoms with Gasteiger partial charge in [-0.15, -0.1) is 0 Å². The van der Waals surface area contributed by atoms with Crippen LogP contribution in [0.2, 0.25) is 0 Å². The standard InChI is InChI=1S/C21H23N3S/c1-2-6-17(7-3-1)14-23-12-10-21(11-13-23)15-24(16-21)20-22-18-8-4-5-9-19(18)25-20/h1-9H,10-16H2. The molecular weight excluding hydrogens is 326 g/mol. The van der Waals surface area contributed by atoms with Gasteiger partial charge >= 0.3 is 0 Å². The maximum Gasteiger partial charge on any atom is 0.186 e. The molecule has 2 aromatic carbocycles. The molecule has 2 aliphatic rings. The molecule has 0 saturated carbocycles. The Labute approximate surface area is 152 Å². The fraction of sp³-hybridized carbons (Fsp3) is 0.381. The maximum absolute atomic E-state index is 4.82. The van der Waals surface area contributed by atoms with E-state index in [4.69, 9.17) is 4.98 Å². The summed E-state index contributed by atoms with van der Waals surface area (Å²) in [5, 5.41) is 1.21. The van der Waals surface area contributed by atoms with Gasteiger partial charge < -0.3 is 4.90 Å². The van der Waals surface area contributed by atoms with Crippen LogP contribution in [0.1, 0.15) is 18.4 Å². The van der Waals surface area contributed by atoms with Gasteiger partial charge in [0.1, 0.15) is 0 Å². The lowest BCUT2D eigenvalue weighted by Gasteiger charge is -2.54. The molecule has 0 amide bonds. The largest absolute Gasteiger partial charge is 0.347 e. The van der Waals surface area contributed by atoms with E-state index >= 15 is 0 Å². The first-order chi connectivity index (χ1) is 12.3. The molecule has 25 heavy (non-hydrogen) atoms. The Morgan fingerprint density at radius 2 is 1.64 bits per heavy atom. The van der Waals surface area contributed by atoms with Crippen LogP contribution in [0.4, 0.5) is 5.13 Å². The van der Waals surface area contributed by atoms with Gasteiger partial charge in [-0.1, -0.05) is 53.8 Å². The summed E-state index contributed by atoms with van der Waals surface area (Å²) in [5.41, 5.74) is 3.11. The van der Waals surface area contributed by atoms with Crippen molar-refractivity contribution in [2.45, 2.75) is 19.4 Å². The lowest BCUT2D eigenvalue weighted by atomic mass is 9.72. The lowest BCUT2D eigenvalue weighted by molar-refractivity contribution is 0.0724. The van der Waals surface area contributed by atoms with Crippen LogP contribution >= 0.6 is 11.3 Å². The number of hydrogen-bond donors (Lipinski definition) is 0. The SMILES string of the molecule is c1ccc(CN2CCC3(CC2)CN(c2nc4ccccc4s2)C3)cc1. The minimum absolute atomic E-state index is 0.533. The van der Waals surface area contributed by atoms with E-state index < -0.39 is 0 Å². The van der Waals surface area contributed by atoms with E-state index in [2.05, 4.69) is 64.4 Å². The molecule has 2 fully saturated rings. The van der Waals surface area contributed by atoms with Crippen LogP contribution in [-0.2, 0) is 6.54 Å². The average Bonchev–Trinajstić information content (AvgIpc) is 3.05. The minimum atomic E-state index is 0.533. The fourth-order valence-corrected chi connectivity index (χ4v) is 5.20. The van der Waals surface area contributed by atoms with Crippen molar-refractivity contribution in [3.63, 3.8) is 0 Å². The van der Waals surface area contributed by atoms with E-state index in [1.807, 2.05) is 11.3 Å². The minimum Gasteiger partial charge on any atom is -0.347 e. The predicted molar refractivity (Wildman–Crippen MR) is 105 cm³/mol. The van der Waals surface area contributed by atoms with E-state index in [0.29, 0.717) is 5.41 Å². The quantitative estimate of drug-likeness (QED) is 0.699. The van der Waals surface area contributed by atoms with Crippen LogP contribution in [0, 0.1) is 5.41 Å². The number of para-hydroxylation sites is 1. The van der Waals surface area contributed by atoms with E-state index in [0.717, 1.165) is 12.1 Å². The van der Waals surface area contributed by atoms with Crippen LogP contribution in [-0.4, -0.2) is 36.1 Å². The zero-order valence-electron chi connectivity index (χ0n) is 14.4. The number of hydrogen-bond acceptors (Lipinski definition) is 4. The second-order valence-electron chi connectivity index (χ2n) is 7.58. The number of fused-ring (bicyclic) bond motifs is 1. The highest BCUT2D eigenvalue weighted by Gasteiger charge is 2.45. The van der Waals surface area contributed by atoms with Crippen molar-refractivity contribution in [1.29, 1.82) is 0 Å². The first kappa shape index (κ1) is 15.4. The summed E-state index contributed by atoms with van der Waals surface area (Å²) in [6, 6.07) is 19.3. The van der Waals surface area contributed by atoms with Gasteiger partial charge in [0.05, 0.1) is 10.2 Å². The van der Waals surface area contributed by atoms with Gasteiger partial charge in [-0.05, 0) is 43.6 Å². The molecule has 3 aromatic rings. The Hall–Kier alpha value is -1.91. The highest BCUT2D eigenvalue weighted by atomic mass is 32.1. The summed E-state index contributed by atoms with van der Waals surface area (Å²) in [6.45, 7) is 5.92.